The van der Waals surface area contributed by atoms with E-state index in [2.05, 4.69) is 31.8 Å². The first-order valence-electron chi connectivity index (χ1n) is 5.45. The molecule has 0 aromatic heterocycles. The second-order valence-electron chi connectivity index (χ2n) is 3.79. The van der Waals surface area contributed by atoms with Crippen molar-refractivity contribution in [2.75, 3.05) is 6.61 Å². The summed E-state index contributed by atoms with van der Waals surface area (Å²) in [5.41, 5.74) is 1.67. The molecule has 0 unspecified atom stereocenters. The van der Waals surface area contributed by atoms with Gasteiger partial charge in [-0.25, -0.2) is 4.79 Å². The van der Waals surface area contributed by atoms with E-state index in [4.69, 9.17) is 11.2 Å². The van der Waals surface area contributed by atoms with Gasteiger partial charge in [-0.2, -0.15) is 0 Å². The van der Waals surface area contributed by atoms with Crippen LogP contribution in [0.4, 0.5) is 0 Å². The first kappa shape index (κ1) is 13.4. The van der Waals surface area contributed by atoms with Crippen LogP contribution in [0.25, 0.3) is 6.08 Å². The van der Waals surface area contributed by atoms with Gasteiger partial charge in [0.25, 0.3) is 0 Å². The van der Waals surface area contributed by atoms with Crippen LogP contribution in [0.5, 0.6) is 5.75 Å². The average molecular weight is 320 g/mol. The van der Waals surface area contributed by atoms with Crippen molar-refractivity contribution in [3.63, 3.8) is 0 Å². The summed E-state index contributed by atoms with van der Waals surface area (Å²) in [7, 11) is 0. The Morgan fingerprint density at radius 1 is 1.58 bits per heavy atom. The zero-order chi connectivity index (χ0) is 13.8. The van der Waals surface area contributed by atoms with E-state index in [1.165, 1.54) is 0 Å². The van der Waals surface area contributed by atoms with Gasteiger partial charge < -0.3 is 9.57 Å². The third-order valence-electron chi connectivity index (χ3n) is 2.46. The molecule has 19 heavy (non-hydrogen) atoms. The summed E-state index contributed by atoms with van der Waals surface area (Å²) in [5, 5.41) is 3.62. The average Bonchev–Trinajstić information content (AvgIpc) is 2.70. The Morgan fingerprint density at radius 2 is 2.37 bits per heavy atom. The van der Waals surface area contributed by atoms with Crippen LogP contribution in [0.15, 0.2) is 33.4 Å². The largest absolute Gasteiger partial charge is 0.480 e. The minimum Gasteiger partial charge on any atom is -0.480 e. The van der Waals surface area contributed by atoms with E-state index >= 15 is 0 Å². The number of terminal acetylenes is 1. The molecule has 1 aliphatic heterocycles. The number of oxime groups is 1. The van der Waals surface area contributed by atoms with Crippen LogP contribution in [0, 0.1) is 12.3 Å². The van der Waals surface area contributed by atoms with Crippen LogP contribution >= 0.6 is 15.9 Å². The van der Waals surface area contributed by atoms with Gasteiger partial charge in [0, 0.05) is 10.0 Å². The lowest BCUT2D eigenvalue weighted by Crippen LogP contribution is -2.02. The number of benzene rings is 1. The number of ether oxygens (including phenoxy) is 1. The van der Waals surface area contributed by atoms with E-state index < -0.39 is 5.97 Å². The fourth-order valence-corrected chi connectivity index (χ4v) is 1.94. The van der Waals surface area contributed by atoms with Crippen LogP contribution in [0.3, 0.4) is 0 Å². The van der Waals surface area contributed by atoms with Gasteiger partial charge in [-0.1, -0.05) is 27.0 Å². The molecule has 1 aromatic carbocycles. The maximum atomic E-state index is 11.5. The topological polar surface area (TPSA) is 47.9 Å². The third kappa shape index (κ3) is 3.04. The van der Waals surface area contributed by atoms with Gasteiger partial charge >= 0.3 is 5.97 Å². The van der Waals surface area contributed by atoms with Crippen molar-refractivity contribution < 1.29 is 14.4 Å². The Kier molecular flexibility index (Phi) is 4.03. The lowest BCUT2D eigenvalue weighted by Gasteiger charge is -2.07. The number of hydrogen-bond acceptors (Lipinski definition) is 4. The molecule has 0 fully saturated rings. The molecule has 4 nitrogen and oxygen atoms in total. The van der Waals surface area contributed by atoms with E-state index in [1.807, 2.05) is 12.1 Å². The highest BCUT2D eigenvalue weighted by Crippen LogP contribution is 2.27. The Morgan fingerprint density at radius 3 is 3.00 bits per heavy atom. The summed E-state index contributed by atoms with van der Waals surface area (Å²) in [6.07, 6.45) is 6.84. The number of hydrogen-bond donors (Lipinski definition) is 0. The second-order valence-corrected chi connectivity index (χ2v) is 4.70. The van der Waals surface area contributed by atoms with Crippen molar-refractivity contribution in [2.45, 2.75) is 6.92 Å². The fourth-order valence-electron chi connectivity index (χ4n) is 1.56. The van der Waals surface area contributed by atoms with Crippen LogP contribution in [-0.2, 0) is 9.63 Å². The Balaban J connectivity index is 2.41. The highest BCUT2D eigenvalue weighted by Gasteiger charge is 2.22. The molecular weight excluding hydrogens is 310 g/mol. The van der Waals surface area contributed by atoms with Crippen molar-refractivity contribution in [3.8, 4) is 18.1 Å². The zero-order valence-corrected chi connectivity index (χ0v) is 11.7. The third-order valence-corrected chi connectivity index (χ3v) is 2.95. The highest BCUT2D eigenvalue weighted by atomic mass is 79.9. The SMILES string of the molecule is C#CCOc1ccc(Br)cc1/C=C1/C(=O)ON=C1C. The predicted octanol–water partition coefficient (Wildman–Crippen LogP) is 2.78. The molecule has 0 N–H and O–H groups in total. The van der Waals surface area contributed by atoms with Crippen LogP contribution < -0.4 is 4.74 Å². The van der Waals surface area contributed by atoms with Crippen LogP contribution in [0.2, 0.25) is 0 Å². The monoisotopic (exact) mass is 319 g/mol. The Labute approximate surface area is 119 Å². The molecule has 0 saturated carbocycles. The number of carbonyl (C=O) groups excluding carboxylic acids is 1. The van der Waals surface area contributed by atoms with Crippen LogP contribution in [0.1, 0.15) is 12.5 Å². The number of carbonyl (C=O) groups is 1. The molecule has 0 atom stereocenters. The molecule has 5 heteroatoms. The van der Waals surface area contributed by atoms with Crippen LogP contribution in [-0.4, -0.2) is 18.3 Å². The molecule has 0 saturated heterocycles. The number of halogens is 1. The molecule has 96 valence electrons. The highest BCUT2D eigenvalue weighted by molar-refractivity contribution is 9.10. The van der Waals surface area contributed by atoms with Crippen molar-refractivity contribution in [1.29, 1.82) is 0 Å². The predicted molar refractivity (Wildman–Crippen MR) is 75.6 cm³/mol. The smallest absolute Gasteiger partial charge is 0.367 e. The molecule has 0 spiro atoms. The van der Waals surface area contributed by atoms with E-state index in [-0.39, 0.29) is 6.61 Å². The zero-order valence-electron chi connectivity index (χ0n) is 10.1. The van der Waals surface area contributed by atoms with Crippen molar-refractivity contribution >= 4 is 33.7 Å². The van der Waals surface area contributed by atoms with E-state index in [1.54, 1.807) is 19.1 Å². The summed E-state index contributed by atoms with van der Waals surface area (Å²) in [6.45, 7) is 1.87. The summed E-state index contributed by atoms with van der Waals surface area (Å²) >= 11 is 3.37. The fraction of sp³-hybridized carbons (Fsp3) is 0.143. The maximum Gasteiger partial charge on any atom is 0.367 e. The molecule has 1 aromatic rings. The molecule has 0 amide bonds. The van der Waals surface area contributed by atoms with Gasteiger partial charge in [-0.3, -0.25) is 0 Å². The summed E-state index contributed by atoms with van der Waals surface area (Å²) in [4.78, 5) is 16.1. The standard InChI is InChI=1S/C14H10BrNO3/c1-3-6-18-13-5-4-11(15)7-10(13)8-12-9(2)16-19-14(12)17/h1,4-5,7-8H,6H2,2H3/b12-8+. The lowest BCUT2D eigenvalue weighted by atomic mass is 10.1. The van der Waals surface area contributed by atoms with Crippen molar-refractivity contribution in [3.05, 3.63) is 33.8 Å². The van der Waals surface area contributed by atoms with E-state index in [9.17, 15) is 4.79 Å². The first-order chi connectivity index (χ1) is 9.11. The first-order valence-corrected chi connectivity index (χ1v) is 6.25. The van der Waals surface area contributed by atoms with Gasteiger partial charge in [0.15, 0.2) is 0 Å². The van der Waals surface area contributed by atoms with Gasteiger partial charge in [-0.05, 0) is 31.2 Å². The Hall–Kier alpha value is -2.06. The quantitative estimate of drug-likeness (QED) is 0.489. The molecule has 0 bridgehead atoms. The molecule has 1 heterocycles. The van der Waals surface area contributed by atoms with Gasteiger partial charge in [0.2, 0.25) is 0 Å². The molecular formula is C14H10BrNO3. The second kappa shape index (κ2) is 5.72. The minimum atomic E-state index is -0.472. The molecule has 1 aliphatic rings. The molecule has 0 aliphatic carbocycles. The van der Waals surface area contributed by atoms with E-state index in [0.717, 1.165) is 10.0 Å². The maximum absolute atomic E-state index is 11.5. The van der Waals surface area contributed by atoms with Crippen molar-refractivity contribution in [1.82, 2.24) is 0 Å². The number of nitrogens with zero attached hydrogens (tertiary/aromatic N) is 1. The minimum absolute atomic E-state index is 0.162. The van der Waals surface area contributed by atoms with Gasteiger partial charge in [-0.15, -0.1) is 6.42 Å². The normalized spacial score (nSPS) is 15.9. The molecule has 0 radical (unpaired) electrons. The van der Waals surface area contributed by atoms with Gasteiger partial charge in [0.1, 0.15) is 12.4 Å². The summed E-state index contributed by atoms with van der Waals surface area (Å²) in [5.74, 6) is 2.53. The lowest BCUT2D eigenvalue weighted by molar-refractivity contribution is -0.136. The Bertz CT molecular complexity index is 626. The van der Waals surface area contributed by atoms with Gasteiger partial charge in [0.05, 0.1) is 11.3 Å². The number of rotatable bonds is 3. The molecule has 2 rings (SSSR count). The van der Waals surface area contributed by atoms with E-state index in [0.29, 0.717) is 17.0 Å². The summed E-state index contributed by atoms with van der Waals surface area (Å²) in [6, 6.07) is 5.44. The summed E-state index contributed by atoms with van der Waals surface area (Å²) < 4.78 is 6.30. The van der Waals surface area contributed by atoms with Crippen molar-refractivity contribution in [2.24, 2.45) is 5.16 Å².